The molecule has 0 aromatic heterocycles. The van der Waals surface area contributed by atoms with E-state index in [2.05, 4.69) is 43.5 Å². The van der Waals surface area contributed by atoms with E-state index in [0.717, 1.165) is 44.9 Å². The van der Waals surface area contributed by atoms with Gasteiger partial charge in [0.25, 0.3) is 0 Å². The van der Waals surface area contributed by atoms with Crippen molar-refractivity contribution >= 4 is 5.91 Å². The zero-order valence-corrected chi connectivity index (χ0v) is 44.6. The van der Waals surface area contributed by atoms with Crippen molar-refractivity contribution in [1.82, 2.24) is 5.32 Å². The van der Waals surface area contributed by atoms with Crippen LogP contribution >= 0.6 is 0 Å². The molecule has 1 amide bonds. The Labute approximate surface area is 419 Å². The summed E-state index contributed by atoms with van der Waals surface area (Å²) in [6, 6.07) is -0.719. The van der Waals surface area contributed by atoms with Crippen molar-refractivity contribution in [3.63, 3.8) is 0 Å². The van der Waals surface area contributed by atoms with Crippen LogP contribution in [0.4, 0.5) is 0 Å². The Kier molecular flexibility index (Phi) is 46.9. The fourth-order valence-electron chi connectivity index (χ4n) is 9.61. The van der Waals surface area contributed by atoms with Crippen LogP contribution in [0.15, 0.2) is 24.3 Å². The molecule has 1 aliphatic heterocycles. The van der Waals surface area contributed by atoms with Crippen LogP contribution in [0.3, 0.4) is 0 Å². The molecule has 9 nitrogen and oxygen atoms in total. The number of rotatable bonds is 51. The van der Waals surface area contributed by atoms with Crippen molar-refractivity contribution in [3.05, 3.63) is 24.3 Å². The minimum Gasteiger partial charge on any atom is -0.394 e. The highest BCUT2D eigenvalue weighted by Gasteiger charge is 2.44. The first-order valence-electron chi connectivity index (χ1n) is 29.5. The lowest BCUT2D eigenvalue weighted by Crippen LogP contribution is -2.60. The molecular weight excluding hydrogens is 851 g/mol. The lowest BCUT2D eigenvalue weighted by Gasteiger charge is -2.40. The predicted molar refractivity (Wildman–Crippen MR) is 286 cm³/mol. The molecule has 68 heavy (non-hydrogen) atoms. The van der Waals surface area contributed by atoms with E-state index in [1.807, 2.05) is 0 Å². The molecule has 0 spiro atoms. The largest absolute Gasteiger partial charge is 0.394 e. The van der Waals surface area contributed by atoms with Gasteiger partial charge in [0.05, 0.1) is 25.4 Å². The normalized spacial score (nSPS) is 19.7. The first-order valence-corrected chi connectivity index (χ1v) is 29.5. The molecule has 0 saturated carbocycles. The zero-order chi connectivity index (χ0) is 49.4. The number of unbranched alkanes of at least 4 members (excludes halogenated alkanes) is 37. The highest BCUT2D eigenvalue weighted by atomic mass is 16.7. The standard InChI is InChI=1S/C59H113NO8/c1-3-5-7-9-11-13-15-17-19-21-23-25-27-29-31-33-35-37-39-41-43-45-47-49-55(63)60-52(51-67-59-58(66)57(65)56(64)54(50-61)68-59)53(62)48-46-44-42-40-38-36-34-32-30-28-26-24-22-20-18-16-14-12-10-8-6-4-2/h15,17,21,23,52-54,56-59,61-62,64-66H,3-14,16,18-20,22,24-51H2,1-2H3,(H,60,63)/b17-15-,23-21-. The van der Waals surface area contributed by atoms with Crippen LogP contribution in [0.2, 0.25) is 0 Å². The average molecular weight is 965 g/mol. The van der Waals surface area contributed by atoms with E-state index in [1.165, 1.54) is 218 Å². The quantitative estimate of drug-likeness (QED) is 0.0261. The predicted octanol–water partition coefficient (Wildman–Crippen LogP) is 14.6. The Balaban J connectivity index is 2.20. The summed E-state index contributed by atoms with van der Waals surface area (Å²) in [4.78, 5) is 13.1. The molecule has 0 aliphatic carbocycles. The molecule has 0 aromatic carbocycles. The van der Waals surface area contributed by atoms with Gasteiger partial charge in [-0.05, 0) is 44.9 Å². The molecule has 1 saturated heterocycles. The van der Waals surface area contributed by atoms with Crippen molar-refractivity contribution in [2.24, 2.45) is 0 Å². The number of carbonyl (C=O) groups excluding carboxylic acids is 1. The number of ether oxygens (including phenoxy) is 2. The minimum atomic E-state index is -1.55. The lowest BCUT2D eigenvalue weighted by molar-refractivity contribution is -0.302. The topological polar surface area (TPSA) is 149 Å². The van der Waals surface area contributed by atoms with Crippen molar-refractivity contribution in [2.45, 2.75) is 333 Å². The van der Waals surface area contributed by atoms with Gasteiger partial charge in [-0.1, -0.05) is 263 Å². The number of aliphatic hydroxyl groups is 5. The molecule has 6 N–H and O–H groups in total. The van der Waals surface area contributed by atoms with Gasteiger partial charge in [-0.15, -0.1) is 0 Å². The van der Waals surface area contributed by atoms with Crippen molar-refractivity contribution in [1.29, 1.82) is 0 Å². The fourth-order valence-corrected chi connectivity index (χ4v) is 9.61. The maximum absolute atomic E-state index is 13.1. The Morgan fingerprint density at radius 1 is 0.500 bits per heavy atom. The van der Waals surface area contributed by atoms with Gasteiger partial charge in [0.2, 0.25) is 5.91 Å². The van der Waals surface area contributed by atoms with Gasteiger partial charge in [-0.3, -0.25) is 4.79 Å². The number of amides is 1. The lowest BCUT2D eigenvalue weighted by atomic mass is 9.99. The molecular formula is C59H113NO8. The van der Waals surface area contributed by atoms with E-state index >= 15 is 0 Å². The molecule has 1 aliphatic rings. The van der Waals surface area contributed by atoms with E-state index in [1.54, 1.807) is 0 Å². The maximum Gasteiger partial charge on any atom is 0.220 e. The highest BCUT2D eigenvalue weighted by molar-refractivity contribution is 5.76. The second-order valence-corrected chi connectivity index (χ2v) is 20.8. The number of aliphatic hydroxyl groups excluding tert-OH is 5. The number of hydrogen-bond acceptors (Lipinski definition) is 8. The minimum absolute atomic E-state index is 0.136. The van der Waals surface area contributed by atoms with E-state index in [-0.39, 0.29) is 12.5 Å². The van der Waals surface area contributed by atoms with Gasteiger partial charge < -0.3 is 40.3 Å². The molecule has 0 bridgehead atoms. The molecule has 1 rings (SSSR count). The second kappa shape index (κ2) is 49.3. The zero-order valence-electron chi connectivity index (χ0n) is 44.6. The molecule has 7 atom stereocenters. The van der Waals surface area contributed by atoms with Crippen LogP contribution in [0.25, 0.3) is 0 Å². The summed E-state index contributed by atoms with van der Waals surface area (Å²) in [5.74, 6) is -0.142. The first kappa shape index (κ1) is 64.7. The van der Waals surface area contributed by atoms with Crippen LogP contribution in [0.1, 0.15) is 290 Å². The first-order chi connectivity index (χ1) is 33.3. The Bertz CT molecular complexity index is 1120. The molecule has 1 fully saturated rings. The van der Waals surface area contributed by atoms with E-state index in [0.29, 0.717) is 12.8 Å². The maximum atomic E-state index is 13.1. The van der Waals surface area contributed by atoms with Gasteiger partial charge in [-0.25, -0.2) is 0 Å². The Morgan fingerprint density at radius 3 is 1.26 bits per heavy atom. The molecule has 9 heteroatoms. The smallest absolute Gasteiger partial charge is 0.220 e. The number of carbonyl (C=O) groups is 1. The van der Waals surface area contributed by atoms with E-state index < -0.39 is 49.5 Å². The summed E-state index contributed by atoms with van der Waals surface area (Å²) >= 11 is 0. The third-order valence-electron chi connectivity index (χ3n) is 14.3. The van der Waals surface area contributed by atoms with Gasteiger partial charge in [0, 0.05) is 6.42 Å². The van der Waals surface area contributed by atoms with E-state index in [4.69, 9.17) is 9.47 Å². The Morgan fingerprint density at radius 2 is 0.868 bits per heavy atom. The molecule has 1 heterocycles. The van der Waals surface area contributed by atoms with E-state index in [9.17, 15) is 30.3 Å². The highest BCUT2D eigenvalue weighted by Crippen LogP contribution is 2.23. The molecule has 0 aromatic rings. The summed E-state index contributed by atoms with van der Waals surface area (Å²) in [6.07, 6.45) is 54.9. The van der Waals surface area contributed by atoms with Crippen molar-refractivity contribution in [3.8, 4) is 0 Å². The van der Waals surface area contributed by atoms with Crippen LogP contribution in [-0.2, 0) is 14.3 Å². The Hall–Kier alpha value is -1.33. The van der Waals surface area contributed by atoms with Crippen LogP contribution in [0, 0.1) is 0 Å². The second-order valence-electron chi connectivity index (χ2n) is 20.8. The summed E-state index contributed by atoms with van der Waals surface area (Å²) in [6.45, 7) is 3.86. The van der Waals surface area contributed by atoms with Gasteiger partial charge in [0.1, 0.15) is 24.4 Å². The summed E-state index contributed by atoms with van der Waals surface area (Å²) in [7, 11) is 0. The fraction of sp³-hybridized carbons (Fsp3) is 0.915. The number of nitrogens with one attached hydrogen (secondary N) is 1. The van der Waals surface area contributed by atoms with Crippen LogP contribution in [-0.4, -0.2) is 87.5 Å². The summed E-state index contributed by atoms with van der Waals surface area (Å²) in [5, 5.41) is 54.7. The third kappa shape index (κ3) is 38.4. The SMILES string of the molecule is CCCCCCC/C=C\C/C=C\CCCCCCCCCCCCCC(=O)NC(COC1OC(CO)C(O)C(O)C1O)C(O)CCCCCCCCCCCCCCCCCCCCCCCC. The van der Waals surface area contributed by atoms with Gasteiger partial charge >= 0.3 is 0 Å². The van der Waals surface area contributed by atoms with Gasteiger partial charge in [0.15, 0.2) is 6.29 Å². The van der Waals surface area contributed by atoms with Crippen molar-refractivity contribution < 1.29 is 39.8 Å². The molecule has 0 radical (unpaired) electrons. The monoisotopic (exact) mass is 964 g/mol. The molecule has 402 valence electrons. The summed E-state index contributed by atoms with van der Waals surface area (Å²) < 4.78 is 11.3. The van der Waals surface area contributed by atoms with Crippen LogP contribution in [0.5, 0.6) is 0 Å². The molecule has 7 unspecified atom stereocenters. The average Bonchev–Trinajstić information content (AvgIpc) is 3.34. The van der Waals surface area contributed by atoms with Crippen LogP contribution < -0.4 is 5.32 Å². The van der Waals surface area contributed by atoms with Gasteiger partial charge in [-0.2, -0.15) is 0 Å². The summed E-state index contributed by atoms with van der Waals surface area (Å²) in [5.41, 5.74) is 0. The third-order valence-corrected chi connectivity index (χ3v) is 14.3. The van der Waals surface area contributed by atoms with Crippen molar-refractivity contribution in [2.75, 3.05) is 13.2 Å². The number of hydrogen-bond donors (Lipinski definition) is 6. The number of allylic oxidation sites excluding steroid dienone is 4.